The minimum atomic E-state index is -0.126. The molecule has 3 heterocycles. The maximum Gasteiger partial charge on any atom is 0.251 e. The second-order valence-electron chi connectivity index (χ2n) is 7.19. The zero-order valence-electron chi connectivity index (χ0n) is 17.3. The molecule has 2 aromatic rings. The van der Waals surface area contributed by atoms with Crippen molar-refractivity contribution in [3.05, 3.63) is 64.0 Å². The van der Waals surface area contributed by atoms with Gasteiger partial charge in [-0.05, 0) is 35.9 Å². The van der Waals surface area contributed by atoms with Gasteiger partial charge in [0, 0.05) is 28.6 Å². The quantitative estimate of drug-likeness (QED) is 0.570. The average Bonchev–Trinajstić information content (AvgIpc) is 3.41. The van der Waals surface area contributed by atoms with E-state index in [0.29, 0.717) is 29.6 Å². The largest absolute Gasteiger partial charge is 0.497 e. The third-order valence-corrected chi connectivity index (χ3v) is 6.43. The molecule has 0 N–H and O–H groups in total. The van der Waals surface area contributed by atoms with E-state index in [4.69, 9.17) is 21.1 Å². The number of amidine groups is 1. The van der Waals surface area contributed by atoms with Crippen molar-refractivity contribution in [3.63, 3.8) is 0 Å². The molecule has 0 saturated heterocycles. The van der Waals surface area contributed by atoms with E-state index in [9.17, 15) is 4.79 Å². The van der Waals surface area contributed by atoms with Crippen LogP contribution in [0.5, 0.6) is 11.5 Å². The number of thioether (sulfide) groups is 1. The van der Waals surface area contributed by atoms with Crippen LogP contribution in [-0.4, -0.2) is 49.3 Å². The molecule has 0 radical (unpaired) electrons. The first kappa shape index (κ1) is 22.6. The Morgan fingerprint density at radius 2 is 2.16 bits per heavy atom. The van der Waals surface area contributed by atoms with Crippen molar-refractivity contribution in [2.45, 2.75) is 0 Å². The highest BCUT2D eigenvalue weighted by Crippen LogP contribution is 2.45. The van der Waals surface area contributed by atoms with Crippen LogP contribution in [0.25, 0.3) is 11.8 Å². The molecule has 32 heavy (non-hydrogen) atoms. The van der Waals surface area contributed by atoms with Crippen molar-refractivity contribution in [1.29, 1.82) is 0 Å². The lowest BCUT2D eigenvalue weighted by atomic mass is 10.1. The van der Waals surface area contributed by atoms with Crippen molar-refractivity contribution in [3.8, 4) is 11.5 Å². The van der Waals surface area contributed by atoms with Gasteiger partial charge in [-0.1, -0.05) is 35.5 Å². The first-order valence-electron chi connectivity index (χ1n) is 9.93. The first-order chi connectivity index (χ1) is 15.1. The molecule has 166 valence electrons. The molecule has 6 nitrogen and oxygen atoms in total. The molecule has 0 aromatic heterocycles. The standard InChI is InChI=1S/C23H20ClN3O3S.ClH/c1-29-17-4-2-3-15(11-17)5-6-21(28)26-9-10-30-22-18(12-16(24)13-19(22)26)20-14-31-23-25-7-8-27(20)23;/h2-6,11-14H,7-10H2,1H3;1H. The SMILES string of the molecule is COc1cccc(C=CC(=O)N2CCOc3c(C4=CSC5=NCCN45)cc(Cl)cc32)c1.Cl. The van der Waals surface area contributed by atoms with Gasteiger partial charge in [0.25, 0.3) is 5.91 Å². The van der Waals surface area contributed by atoms with Gasteiger partial charge >= 0.3 is 0 Å². The lowest BCUT2D eigenvalue weighted by Crippen LogP contribution is -2.37. The molecule has 0 saturated carbocycles. The Morgan fingerprint density at radius 3 is 3.00 bits per heavy atom. The second kappa shape index (κ2) is 9.48. The number of carbonyl (C=O) groups excluding carboxylic acids is 1. The molecule has 1 amide bonds. The van der Waals surface area contributed by atoms with Gasteiger partial charge in [-0.3, -0.25) is 9.79 Å². The summed E-state index contributed by atoms with van der Waals surface area (Å²) in [4.78, 5) is 21.5. The normalized spacial score (nSPS) is 16.7. The molecule has 0 aliphatic carbocycles. The van der Waals surface area contributed by atoms with Crippen molar-refractivity contribution < 1.29 is 14.3 Å². The molecule has 5 rings (SSSR count). The average molecular weight is 490 g/mol. The number of aliphatic imine (C=N–C) groups is 1. The third-order valence-electron chi connectivity index (χ3n) is 5.31. The maximum atomic E-state index is 13.1. The minimum Gasteiger partial charge on any atom is -0.497 e. The number of rotatable bonds is 4. The molecule has 0 atom stereocenters. The van der Waals surface area contributed by atoms with Gasteiger partial charge in [0.15, 0.2) is 10.9 Å². The zero-order valence-corrected chi connectivity index (χ0v) is 19.7. The van der Waals surface area contributed by atoms with Crippen LogP contribution >= 0.6 is 35.8 Å². The van der Waals surface area contributed by atoms with E-state index in [-0.39, 0.29) is 18.3 Å². The number of ether oxygens (including phenoxy) is 2. The van der Waals surface area contributed by atoms with E-state index >= 15 is 0 Å². The number of methoxy groups -OCH3 is 1. The number of halogens is 2. The van der Waals surface area contributed by atoms with Crippen molar-refractivity contribution in [2.75, 3.05) is 38.3 Å². The summed E-state index contributed by atoms with van der Waals surface area (Å²) in [6, 6.07) is 11.3. The molecule has 0 fully saturated rings. The predicted octanol–water partition coefficient (Wildman–Crippen LogP) is 4.93. The van der Waals surface area contributed by atoms with Gasteiger partial charge in [-0.15, -0.1) is 12.4 Å². The minimum absolute atomic E-state index is 0. The summed E-state index contributed by atoms with van der Waals surface area (Å²) in [6.07, 6.45) is 3.36. The van der Waals surface area contributed by atoms with E-state index in [1.807, 2.05) is 30.3 Å². The van der Waals surface area contributed by atoms with Crippen LogP contribution in [0, 0.1) is 0 Å². The molecule has 3 aliphatic rings. The predicted molar refractivity (Wildman–Crippen MR) is 133 cm³/mol. The van der Waals surface area contributed by atoms with Gasteiger partial charge in [0.1, 0.15) is 12.4 Å². The molecule has 0 spiro atoms. The highest BCUT2D eigenvalue weighted by Gasteiger charge is 2.32. The Balaban J connectivity index is 0.00000245. The van der Waals surface area contributed by atoms with E-state index in [2.05, 4.69) is 15.3 Å². The maximum absolute atomic E-state index is 13.1. The number of amides is 1. The second-order valence-corrected chi connectivity index (χ2v) is 8.46. The fourth-order valence-corrected chi connectivity index (χ4v) is 5.01. The van der Waals surface area contributed by atoms with E-state index < -0.39 is 0 Å². The topological polar surface area (TPSA) is 54.4 Å². The summed E-state index contributed by atoms with van der Waals surface area (Å²) in [7, 11) is 1.62. The summed E-state index contributed by atoms with van der Waals surface area (Å²) in [6.45, 7) is 2.49. The van der Waals surface area contributed by atoms with Crippen LogP contribution in [-0.2, 0) is 4.79 Å². The van der Waals surface area contributed by atoms with Gasteiger partial charge in [-0.2, -0.15) is 0 Å². The molecular formula is C23H21Cl2N3O3S. The van der Waals surface area contributed by atoms with Crippen LogP contribution in [0.2, 0.25) is 5.02 Å². The van der Waals surface area contributed by atoms with Crippen molar-refractivity contribution >= 4 is 64.3 Å². The number of benzene rings is 2. The molecule has 2 aromatic carbocycles. The Bertz CT molecular complexity index is 1150. The third kappa shape index (κ3) is 4.20. The molecule has 3 aliphatic heterocycles. The number of carbonyl (C=O) groups is 1. The lowest BCUT2D eigenvalue weighted by molar-refractivity contribution is -0.114. The zero-order chi connectivity index (χ0) is 21.4. The van der Waals surface area contributed by atoms with Gasteiger partial charge in [0.05, 0.1) is 31.6 Å². The fraction of sp³-hybridized carbons (Fsp3) is 0.217. The smallest absolute Gasteiger partial charge is 0.251 e. The number of anilines is 1. The number of nitrogens with zero attached hydrogens (tertiary/aromatic N) is 3. The van der Waals surface area contributed by atoms with Crippen molar-refractivity contribution in [2.24, 2.45) is 4.99 Å². The summed E-state index contributed by atoms with van der Waals surface area (Å²) in [5.74, 6) is 1.30. The van der Waals surface area contributed by atoms with Gasteiger partial charge in [-0.25, -0.2) is 0 Å². The van der Waals surface area contributed by atoms with E-state index in [0.717, 1.165) is 40.8 Å². The van der Waals surface area contributed by atoms with Crippen LogP contribution in [0.4, 0.5) is 5.69 Å². The molecule has 9 heteroatoms. The highest BCUT2D eigenvalue weighted by molar-refractivity contribution is 8.16. The Morgan fingerprint density at radius 1 is 1.28 bits per heavy atom. The summed E-state index contributed by atoms with van der Waals surface area (Å²) in [5.41, 5.74) is 3.48. The number of hydrogen-bond donors (Lipinski definition) is 0. The van der Waals surface area contributed by atoms with Crippen LogP contribution in [0.3, 0.4) is 0 Å². The van der Waals surface area contributed by atoms with Crippen LogP contribution < -0.4 is 14.4 Å². The first-order valence-corrected chi connectivity index (χ1v) is 11.2. The van der Waals surface area contributed by atoms with Crippen LogP contribution in [0.15, 0.2) is 52.9 Å². The molecule has 0 unspecified atom stereocenters. The monoisotopic (exact) mass is 489 g/mol. The Kier molecular flexibility index (Phi) is 6.69. The lowest BCUT2D eigenvalue weighted by Gasteiger charge is -2.31. The summed E-state index contributed by atoms with van der Waals surface area (Å²) >= 11 is 8.07. The highest BCUT2D eigenvalue weighted by atomic mass is 35.5. The van der Waals surface area contributed by atoms with E-state index in [1.54, 1.807) is 42.0 Å². The summed E-state index contributed by atoms with van der Waals surface area (Å²) < 4.78 is 11.3. The Hall–Kier alpha value is -2.61. The Labute approximate surface area is 201 Å². The van der Waals surface area contributed by atoms with E-state index in [1.165, 1.54) is 0 Å². The van der Waals surface area contributed by atoms with Gasteiger partial charge in [0.2, 0.25) is 0 Å². The number of fused-ring (bicyclic) bond motifs is 2. The molecule has 0 bridgehead atoms. The van der Waals surface area contributed by atoms with Crippen LogP contribution in [0.1, 0.15) is 11.1 Å². The summed E-state index contributed by atoms with van der Waals surface area (Å²) in [5, 5.41) is 3.62. The molecular weight excluding hydrogens is 469 g/mol. The van der Waals surface area contributed by atoms with Crippen molar-refractivity contribution in [1.82, 2.24) is 4.90 Å². The fourth-order valence-electron chi connectivity index (χ4n) is 3.84. The number of hydrogen-bond acceptors (Lipinski definition) is 6. The van der Waals surface area contributed by atoms with Gasteiger partial charge < -0.3 is 19.3 Å².